The fraction of sp³-hybridized carbons (Fsp3) is 0.211. The summed E-state index contributed by atoms with van der Waals surface area (Å²) in [5, 5.41) is 4.93. The monoisotopic (exact) mass is 426 g/mol. The van der Waals surface area contributed by atoms with Crippen molar-refractivity contribution in [2.45, 2.75) is 19.6 Å². The number of nitrogens with one attached hydrogen (secondary N) is 2. The SMILES string of the molecule is C[C@H](NC(=O)c1ccccc1Cl)C(=O)OCC(=O)Nc1ccccc1OC(F)F. The van der Waals surface area contributed by atoms with Crippen molar-refractivity contribution in [2.24, 2.45) is 0 Å². The molecular formula is C19H17ClF2N2O5. The molecule has 0 aromatic heterocycles. The van der Waals surface area contributed by atoms with Crippen molar-refractivity contribution in [2.75, 3.05) is 11.9 Å². The minimum atomic E-state index is -3.06. The largest absolute Gasteiger partial charge is 0.454 e. The van der Waals surface area contributed by atoms with Crippen LogP contribution in [0, 0.1) is 0 Å². The normalized spacial score (nSPS) is 11.5. The van der Waals surface area contributed by atoms with Crippen molar-refractivity contribution in [1.82, 2.24) is 5.32 Å². The van der Waals surface area contributed by atoms with Crippen LogP contribution in [-0.2, 0) is 14.3 Å². The van der Waals surface area contributed by atoms with E-state index in [1.807, 2.05) is 0 Å². The number of amides is 2. The summed E-state index contributed by atoms with van der Waals surface area (Å²) in [5.41, 5.74) is 0.177. The van der Waals surface area contributed by atoms with Crippen LogP contribution in [-0.4, -0.2) is 37.0 Å². The van der Waals surface area contributed by atoms with Crippen LogP contribution in [0.2, 0.25) is 5.02 Å². The number of carbonyl (C=O) groups is 3. The molecule has 0 spiro atoms. The Morgan fingerprint density at radius 1 is 1.07 bits per heavy atom. The van der Waals surface area contributed by atoms with Gasteiger partial charge in [-0.05, 0) is 31.2 Å². The van der Waals surface area contributed by atoms with Gasteiger partial charge in [0.25, 0.3) is 11.8 Å². The summed E-state index contributed by atoms with van der Waals surface area (Å²) in [7, 11) is 0. The summed E-state index contributed by atoms with van der Waals surface area (Å²) >= 11 is 5.92. The van der Waals surface area contributed by atoms with Crippen LogP contribution < -0.4 is 15.4 Å². The molecule has 29 heavy (non-hydrogen) atoms. The molecular weight excluding hydrogens is 410 g/mol. The third-order valence-electron chi connectivity index (χ3n) is 3.54. The molecule has 2 rings (SSSR count). The molecule has 2 aromatic rings. The molecule has 0 saturated carbocycles. The molecule has 0 aliphatic carbocycles. The van der Waals surface area contributed by atoms with Crippen LogP contribution in [0.5, 0.6) is 5.75 Å². The number of esters is 1. The molecule has 7 nitrogen and oxygen atoms in total. The minimum absolute atomic E-state index is 0.00563. The van der Waals surface area contributed by atoms with Gasteiger partial charge in [0.2, 0.25) is 0 Å². The van der Waals surface area contributed by atoms with Gasteiger partial charge in [-0.3, -0.25) is 9.59 Å². The van der Waals surface area contributed by atoms with Crippen LogP contribution in [0.4, 0.5) is 14.5 Å². The highest BCUT2D eigenvalue weighted by molar-refractivity contribution is 6.33. The number of carbonyl (C=O) groups excluding carboxylic acids is 3. The Balaban J connectivity index is 1.86. The highest BCUT2D eigenvalue weighted by Crippen LogP contribution is 2.25. The molecule has 0 aliphatic rings. The van der Waals surface area contributed by atoms with Crippen molar-refractivity contribution < 1.29 is 32.6 Å². The average molecular weight is 427 g/mol. The lowest BCUT2D eigenvalue weighted by atomic mass is 10.2. The van der Waals surface area contributed by atoms with Crippen molar-refractivity contribution in [3.8, 4) is 5.75 Å². The third kappa shape index (κ3) is 6.72. The van der Waals surface area contributed by atoms with E-state index in [9.17, 15) is 23.2 Å². The van der Waals surface area contributed by atoms with Crippen LogP contribution in [0.3, 0.4) is 0 Å². The number of halogens is 3. The summed E-state index contributed by atoms with van der Waals surface area (Å²) in [5.74, 6) is -2.45. The second-order valence-electron chi connectivity index (χ2n) is 5.71. The van der Waals surface area contributed by atoms with E-state index in [-0.39, 0.29) is 22.0 Å². The topological polar surface area (TPSA) is 93.7 Å². The lowest BCUT2D eigenvalue weighted by Crippen LogP contribution is -2.40. The number of benzene rings is 2. The van der Waals surface area contributed by atoms with Crippen LogP contribution in [0.15, 0.2) is 48.5 Å². The molecule has 0 radical (unpaired) electrons. The first-order valence-corrected chi connectivity index (χ1v) is 8.71. The van der Waals surface area contributed by atoms with E-state index in [1.54, 1.807) is 12.1 Å². The second-order valence-corrected chi connectivity index (χ2v) is 6.11. The van der Waals surface area contributed by atoms with E-state index in [2.05, 4.69) is 15.4 Å². The average Bonchev–Trinajstić information content (AvgIpc) is 2.67. The Morgan fingerprint density at radius 3 is 2.41 bits per heavy atom. The molecule has 154 valence electrons. The van der Waals surface area contributed by atoms with Gasteiger partial charge in [0, 0.05) is 0 Å². The number of para-hydroxylation sites is 2. The molecule has 10 heteroatoms. The molecule has 2 aromatic carbocycles. The van der Waals surface area contributed by atoms with E-state index in [1.165, 1.54) is 43.3 Å². The maximum Gasteiger partial charge on any atom is 0.387 e. The zero-order valence-electron chi connectivity index (χ0n) is 15.2. The fourth-order valence-electron chi connectivity index (χ4n) is 2.20. The van der Waals surface area contributed by atoms with E-state index in [0.29, 0.717) is 0 Å². The van der Waals surface area contributed by atoms with Gasteiger partial charge in [0.05, 0.1) is 16.3 Å². The van der Waals surface area contributed by atoms with Gasteiger partial charge in [-0.2, -0.15) is 8.78 Å². The Morgan fingerprint density at radius 2 is 1.72 bits per heavy atom. The minimum Gasteiger partial charge on any atom is -0.454 e. The number of rotatable bonds is 8. The maximum absolute atomic E-state index is 12.4. The van der Waals surface area contributed by atoms with Gasteiger partial charge in [0.15, 0.2) is 6.61 Å². The smallest absolute Gasteiger partial charge is 0.387 e. The van der Waals surface area contributed by atoms with E-state index in [4.69, 9.17) is 16.3 Å². The van der Waals surface area contributed by atoms with E-state index >= 15 is 0 Å². The van der Waals surface area contributed by atoms with Crippen molar-refractivity contribution in [3.63, 3.8) is 0 Å². The van der Waals surface area contributed by atoms with Crippen molar-refractivity contribution >= 4 is 35.1 Å². The molecule has 0 bridgehead atoms. The highest BCUT2D eigenvalue weighted by atomic mass is 35.5. The third-order valence-corrected chi connectivity index (χ3v) is 3.87. The quantitative estimate of drug-likeness (QED) is 0.632. The van der Waals surface area contributed by atoms with E-state index in [0.717, 1.165) is 0 Å². The fourth-order valence-corrected chi connectivity index (χ4v) is 2.42. The first-order chi connectivity index (χ1) is 13.8. The van der Waals surface area contributed by atoms with Gasteiger partial charge in [-0.15, -0.1) is 0 Å². The number of hydrogen-bond donors (Lipinski definition) is 2. The Labute approximate surface area is 169 Å². The first kappa shape index (κ1) is 22.1. The Hall–Kier alpha value is -3.20. The van der Waals surface area contributed by atoms with E-state index < -0.39 is 37.0 Å². The molecule has 2 amide bonds. The summed E-state index contributed by atoms with van der Waals surface area (Å²) in [6.45, 7) is -2.37. The predicted molar refractivity (Wildman–Crippen MR) is 101 cm³/mol. The number of alkyl halides is 2. The zero-order valence-corrected chi connectivity index (χ0v) is 15.9. The molecule has 1 atom stereocenters. The molecule has 0 heterocycles. The van der Waals surface area contributed by atoms with Gasteiger partial charge in [-0.1, -0.05) is 35.9 Å². The zero-order chi connectivity index (χ0) is 21.4. The summed E-state index contributed by atoms with van der Waals surface area (Å²) in [4.78, 5) is 36.0. The van der Waals surface area contributed by atoms with Gasteiger partial charge >= 0.3 is 12.6 Å². The molecule has 0 unspecified atom stereocenters. The summed E-state index contributed by atoms with van der Waals surface area (Å²) < 4.78 is 33.9. The number of ether oxygens (including phenoxy) is 2. The molecule has 0 fully saturated rings. The maximum atomic E-state index is 12.4. The highest BCUT2D eigenvalue weighted by Gasteiger charge is 2.20. The standard InChI is InChI=1S/C19H17ClF2N2O5/c1-11(23-17(26)12-6-2-3-7-13(12)20)18(27)28-10-16(25)24-14-8-4-5-9-15(14)29-19(21)22/h2-9,11,19H,10H2,1H3,(H,23,26)(H,24,25)/t11-/m0/s1. The summed E-state index contributed by atoms with van der Waals surface area (Å²) in [6, 6.07) is 10.8. The molecule has 2 N–H and O–H groups in total. The Bertz CT molecular complexity index is 894. The van der Waals surface area contributed by atoms with Crippen molar-refractivity contribution in [3.05, 3.63) is 59.1 Å². The predicted octanol–water partition coefficient (Wildman–Crippen LogP) is 3.24. The van der Waals surface area contributed by atoms with Crippen LogP contribution in [0.1, 0.15) is 17.3 Å². The Kier molecular flexibility index (Phi) is 7.90. The van der Waals surface area contributed by atoms with Crippen LogP contribution in [0.25, 0.3) is 0 Å². The summed E-state index contributed by atoms with van der Waals surface area (Å²) in [6.07, 6.45) is 0. The lowest BCUT2D eigenvalue weighted by molar-refractivity contribution is -0.148. The van der Waals surface area contributed by atoms with Gasteiger partial charge in [0.1, 0.15) is 11.8 Å². The first-order valence-electron chi connectivity index (χ1n) is 8.33. The second kappa shape index (κ2) is 10.4. The molecule has 0 aliphatic heterocycles. The van der Waals surface area contributed by atoms with Crippen LogP contribution >= 0.6 is 11.6 Å². The number of anilines is 1. The number of hydrogen-bond acceptors (Lipinski definition) is 5. The van der Waals surface area contributed by atoms with Gasteiger partial charge in [-0.25, -0.2) is 4.79 Å². The van der Waals surface area contributed by atoms with Gasteiger partial charge < -0.3 is 20.1 Å². The molecule has 0 saturated heterocycles. The lowest BCUT2D eigenvalue weighted by Gasteiger charge is -2.14. The van der Waals surface area contributed by atoms with Crippen molar-refractivity contribution in [1.29, 1.82) is 0 Å².